The summed E-state index contributed by atoms with van der Waals surface area (Å²) in [6.07, 6.45) is 3.34. The van der Waals surface area contributed by atoms with Gasteiger partial charge in [0.1, 0.15) is 5.75 Å². The Labute approximate surface area is 169 Å². The number of hydrogen-bond acceptors (Lipinski definition) is 3. The molecule has 2 aromatic rings. The highest BCUT2D eigenvalue weighted by Crippen LogP contribution is 2.31. The quantitative estimate of drug-likeness (QED) is 0.856. The van der Waals surface area contributed by atoms with Crippen LogP contribution in [-0.4, -0.2) is 35.9 Å². The molecule has 0 saturated carbocycles. The fourth-order valence-corrected chi connectivity index (χ4v) is 3.91. The summed E-state index contributed by atoms with van der Waals surface area (Å²) in [6, 6.07) is 12.8. The molecule has 2 amide bonds. The lowest BCUT2D eigenvalue weighted by molar-refractivity contribution is -0.127. The Kier molecular flexibility index (Phi) is 5.53. The zero-order valence-electron chi connectivity index (χ0n) is 15.6. The molecule has 0 radical (unpaired) electrons. The maximum absolute atomic E-state index is 12.5. The Balaban J connectivity index is 1.30. The molecule has 1 atom stereocenters. The highest BCUT2D eigenvalue weighted by Gasteiger charge is 2.29. The molecule has 1 N–H and O–H groups in total. The van der Waals surface area contributed by atoms with Crippen molar-refractivity contribution in [3.05, 3.63) is 64.2 Å². The van der Waals surface area contributed by atoms with Crippen LogP contribution >= 0.6 is 11.6 Å². The number of likely N-dealkylation sites (tertiary alicyclic amines) is 1. The van der Waals surface area contributed by atoms with E-state index in [9.17, 15) is 9.59 Å². The standard InChI is InChI=1S/C22H23ClN2O3/c23-18-8-9-19-17(12-18)13-20(28-19)21(26)24-14-15-4-6-16(7-5-15)22(27)25-10-2-1-3-11-25/h4-9,12,20H,1-3,10-11,13-14H2,(H,24,26). The third-order valence-corrected chi connectivity index (χ3v) is 5.54. The number of piperidine rings is 1. The fraction of sp³-hybridized carbons (Fsp3) is 0.364. The third-order valence-electron chi connectivity index (χ3n) is 5.30. The molecule has 2 heterocycles. The zero-order chi connectivity index (χ0) is 19.5. The van der Waals surface area contributed by atoms with Crippen molar-refractivity contribution in [1.82, 2.24) is 10.2 Å². The van der Waals surface area contributed by atoms with Crippen LogP contribution in [0.4, 0.5) is 0 Å². The number of benzene rings is 2. The molecule has 0 aliphatic carbocycles. The molecule has 146 valence electrons. The number of rotatable bonds is 4. The molecule has 0 spiro atoms. The molecule has 6 heteroatoms. The van der Waals surface area contributed by atoms with E-state index in [2.05, 4.69) is 5.32 Å². The molecule has 0 bridgehead atoms. The third kappa shape index (κ3) is 4.14. The summed E-state index contributed by atoms with van der Waals surface area (Å²) in [5, 5.41) is 3.55. The minimum atomic E-state index is -0.534. The van der Waals surface area contributed by atoms with Gasteiger partial charge in [0.25, 0.3) is 11.8 Å². The van der Waals surface area contributed by atoms with Gasteiger partial charge >= 0.3 is 0 Å². The fourth-order valence-electron chi connectivity index (χ4n) is 3.71. The zero-order valence-corrected chi connectivity index (χ0v) is 16.4. The number of halogens is 1. The number of amides is 2. The number of carbonyl (C=O) groups excluding carboxylic acids is 2. The molecular weight excluding hydrogens is 376 g/mol. The van der Waals surface area contributed by atoms with Gasteiger partial charge in [-0.1, -0.05) is 23.7 Å². The van der Waals surface area contributed by atoms with E-state index in [4.69, 9.17) is 16.3 Å². The highest BCUT2D eigenvalue weighted by atomic mass is 35.5. The molecule has 2 aliphatic heterocycles. The summed E-state index contributed by atoms with van der Waals surface area (Å²) in [5.74, 6) is 0.650. The SMILES string of the molecule is O=C(NCc1ccc(C(=O)N2CCCCC2)cc1)C1Cc2cc(Cl)ccc2O1. The monoisotopic (exact) mass is 398 g/mol. The minimum absolute atomic E-state index is 0.0890. The van der Waals surface area contributed by atoms with Crippen molar-refractivity contribution < 1.29 is 14.3 Å². The number of ether oxygens (including phenoxy) is 1. The Bertz CT molecular complexity index is 876. The van der Waals surface area contributed by atoms with E-state index in [0.29, 0.717) is 29.3 Å². The minimum Gasteiger partial charge on any atom is -0.480 e. The van der Waals surface area contributed by atoms with E-state index in [1.807, 2.05) is 35.2 Å². The number of nitrogens with one attached hydrogen (secondary N) is 1. The second-order valence-corrected chi connectivity index (χ2v) is 7.77. The van der Waals surface area contributed by atoms with Crippen LogP contribution in [0.3, 0.4) is 0 Å². The van der Waals surface area contributed by atoms with Crippen LogP contribution in [0.5, 0.6) is 5.75 Å². The Morgan fingerprint density at radius 1 is 1.07 bits per heavy atom. The van der Waals surface area contributed by atoms with Gasteiger partial charge < -0.3 is 15.0 Å². The van der Waals surface area contributed by atoms with Crippen LogP contribution in [0, 0.1) is 0 Å². The maximum Gasteiger partial charge on any atom is 0.261 e. The predicted molar refractivity (Wildman–Crippen MR) is 108 cm³/mol. The van der Waals surface area contributed by atoms with Gasteiger partial charge in [0.2, 0.25) is 0 Å². The number of carbonyl (C=O) groups is 2. The molecule has 1 fully saturated rings. The number of fused-ring (bicyclic) bond motifs is 1. The second-order valence-electron chi connectivity index (χ2n) is 7.33. The van der Waals surface area contributed by atoms with E-state index in [1.165, 1.54) is 6.42 Å². The first-order valence-corrected chi connectivity index (χ1v) is 10.1. The molecule has 4 rings (SSSR count). The lowest BCUT2D eigenvalue weighted by Gasteiger charge is -2.26. The van der Waals surface area contributed by atoms with Crippen LogP contribution in [0.25, 0.3) is 0 Å². The topological polar surface area (TPSA) is 58.6 Å². The van der Waals surface area contributed by atoms with Crippen LogP contribution in [0.15, 0.2) is 42.5 Å². The summed E-state index contributed by atoms with van der Waals surface area (Å²) in [4.78, 5) is 26.9. The van der Waals surface area contributed by atoms with Crippen LogP contribution < -0.4 is 10.1 Å². The van der Waals surface area contributed by atoms with Gasteiger partial charge in [0.15, 0.2) is 6.10 Å². The number of nitrogens with zero attached hydrogens (tertiary/aromatic N) is 1. The lowest BCUT2D eigenvalue weighted by atomic mass is 10.1. The first-order valence-electron chi connectivity index (χ1n) is 9.71. The highest BCUT2D eigenvalue weighted by molar-refractivity contribution is 6.30. The first kappa shape index (κ1) is 18.8. The van der Waals surface area contributed by atoms with Gasteiger partial charge in [-0.3, -0.25) is 9.59 Å². The summed E-state index contributed by atoms with van der Waals surface area (Å²) >= 11 is 5.99. The Morgan fingerprint density at radius 2 is 1.82 bits per heavy atom. The van der Waals surface area contributed by atoms with Gasteiger partial charge in [-0.25, -0.2) is 0 Å². The van der Waals surface area contributed by atoms with Gasteiger partial charge in [0.05, 0.1) is 0 Å². The normalized spacial score (nSPS) is 18.3. The van der Waals surface area contributed by atoms with E-state index in [0.717, 1.165) is 37.1 Å². The van der Waals surface area contributed by atoms with Crippen molar-refractivity contribution in [2.24, 2.45) is 0 Å². The van der Waals surface area contributed by atoms with E-state index in [-0.39, 0.29) is 11.8 Å². The molecule has 1 saturated heterocycles. The van der Waals surface area contributed by atoms with Crippen molar-refractivity contribution in [2.75, 3.05) is 13.1 Å². The average molecular weight is 399 g/mol. The molecule has 5 nitrogen and oxygen atoms in total. The number of hydrogen-bond donors (Lipinski definition) is 1. The molecular formula is C22H23ClN2O3. The predicted octanol–water partition coefficient (Wildman–Crippen LogP) is 3.59. The molecule has 0 aromatic heterocycles. The van der Waals surface area contributed by atoms with Crippen molar-refractivity contribution in [1.29, 1.82) is 0 Å². The Morgan fingerprint density at radius 3 is 2.57 bits per heavy atom. The summed E-state index contributed by atoms with van der Waals surface area (Å²) in [7, 11) is 0. The van der Waals surface area contributed by atoms with Crippen molar-refractivity contribution in [3.8, 4) is 5.75 Å². The second kappa shape index (κ2) is 8.23. The largest absolute Gasteiger partial charge is 0.480 e. The van der Waals surface area contributed by atoms with Gasteiger partial charge in [-0.05, 0) is 60.7 Å². The average Bonchev–Trinajstić information content (AvgIpc) is 3.16. The summed E-state index contributed by atoms with van der Waals surface area (Å²) in [6.45, 7) is 2.07. The van der Waals surface area contributed by atoms with E-state index < -0.39 is 6.10 Å². The van der Waals surface area contributed by atoms with Crippen LogP contribution in [-0.2, 0) is 17.8 Å². The van der Waals surface area contributed by atoms with Crippen LogP contribution in [0.1, 0.15) is 40.7 Å². The van der Waals surface area contributed by atoms with Crippen molar-refractivity contribution in [2.45, 2.75) is 38.3 Å². The van der Waals surface area contributed by atoms with Crippen LogP contribution in [0.2, 0.25) is 5.02 Å². The summed E-state index contributed by atoms with van der Waals surface area (Å²) in [5.41, 5.74) is 2.60. The molecule has 2 aliphatic rings. The molecule has 1 unspecified atom stereocenters. The van der Waals surface area contributed by atoms with Crippen molar-refractivity contribution in [3.63, 3.8) is 0 Å². The molecule has 28 heavy (non-hydrogen) atoms. The lowest BCUT2D eigenvalue weighted by Crippen LogP contribution is -2.37. The van der Waals surface area contributed by atoms with Gasteiger partial charge in [0, 0.05) is 36.6 Å². The van der Waals surface area contributed by atoms with Crippen molar-refractivity contribution >= 4 is 23.4 Å². The Hall–Kier alpha value is -2.53. The maximum atomic E-state index is 12.5. The molecule has 2 aromatic carbocycles. The first-order chi connectivity index (χ1) is 13.6. The summed E-state index contributed by atoms with van der Waals surface area (Å²) < 4.78 is 5.71. The van der Waals surface area contributed by atoms with E-state index in [1.54, 1.807) is 12.1 Å². The van der Waals surface area contributed by atoms with Gasteiger partial charge in [-0.15, -0.1) is 0 Å². The van der Waals surface area contributed by atoms with E-state index >= 15 is 0 Å². The smallest absolute Gasteiger partial charge is 0.261 e. The van der Waals surface area contributed by atoms with Gasteiger partial charge in [-0.2, -0.15) is 0 Å².